The van der Waals surface area contributed by atoms with Gasteiger partial charge in [0.25, 0.3) is 0 Å². The van der Waals surface area contributed by atoms with Crippen molar-refractivity contribution in [1.82, 2.24) is 10.3 Å². The molecule has 2 heterocycles. The van der Waals surface area contributed by atoms with E-state index in [1.54, 1.807) is 18.3 Å². The van der Waals surface area contributed by atoms with Gasteiger partial charge < -0.3 is 19.4 Å². The van der Waals surface area contributed by atoms with E-state index in [0.29, 0.717) is 11.2 Å². The van der Waals surface area contributed by atoms with Crippen LogP contribution in [-0.4, -0.2) is 35.9 Å². The molecule has 8 heteroatoms. The highest BCUT2D eigenvalue weighted by Gasteiger charge is 2.52. The zero-order chi connectivity index (χ0) is 22.5. The number of rotatable bonds is 6. The average Bonchev–Trinajstić information content (AvgIpc) is 2.97. The second kappa shape index (κ2) is 9.33. The van der Waals surface area contributed by atoms with Crippen LogP contribution in [0.25, 0.3) is 6.08 Å². The predicted octanol–water partition coefficient (Wildman–Crippen LogP) is 3.89. The van der Waals surface area contributed by atoms with Crippen LogP contribution in [0.15, 0.2) is 54.1 Å². The van der Waals surface area contributed by atoms with E-state index in [2.05, 4.69) is 10.3 Å². The lowest BCUT2D eigenvalue weighted by Gasteiger charge is -2.32. The molecule has 1 fully saturated rings. The van der Waals surface area contributed by atoms with Crippen LogP contribution in [0.5, 0.6) is 0 Å². The van der Waals surface area contributed by atoms with E-state index < -0.39 is 24.4 Å². The quantitative estimate of drug-likeness (QED) is 0.714. The standard InChI is InChI=1S/C23H26BN3O4/c1-22(2)23(3,4)31-24(30-22)19(12-18-10-11-20(13-25)26-14-18)15-27-21(28)29-16-17-8-6-5-7-9-17/h5-12,14H,15-16H2,1-4H3,(H,27,28). The lowest BCUT2D eigenvalue weighted by Crippen LogP contribution is -2.41. The van der Waals surface area contributed by atoms with E-state index in [1.807, 2.05) is 70.2 Å². The number of carbonyl (C=O) groups excluding carboxylic acids is 1. The lowest BCUT2D eigenvalue weighted by molar-refractivity contribution is 0.00578. The van der Waals surface area contributed by atoms with Crippen LogP contribution in [0.2, 0.25) is 0 Å². The van der Waals surface area contributed by atoms with E-state index in [1.165, 1.54) is 0 Å². The molecule has 1 amide bonds. The fourth-order valence-corrected chi connectivity index (χ4v) is 2.92. The number of nitrogens with zero attached hydrogens (tertiary/aromatic N) is 2. The van der Waals surface area contributed by atoms with Crippen LogP contribution >= 0.6 is 0 Å². The molecule has 0 bridgehead atoms. The minimum atomic E-state index is -0.643. The molecule has 1 N–H and O–H groups in total. The van der Waals surface area contributed by atoms with Crippen molar-refractivity contribution in [3.63, 3.8) is 0 Å². The van der Waals surface area contributed by atoms with E-state index in [4.69, 9.17) is 19.3 Å². The fraction of sp³-hybridized carbons (Fsp3) is 0.348. The number of amides is 1. The Balaban J connectivity index is 1.72. The number of alkyl carbamates (subject to hydrolysis) is 1. The topological polar surface area (TPSA) is 93.5 Å². The summed E-state index contributed by atoms with van der Waals surface area (Å²) in [5.41, 5.74) is 1.67. The Hall–Kier alpha value is -3.15. The SMILES string of the molecule is CC1(C)OB(C(=Cc2ccc(C#N)nc2)CNC(=O)OCc2ccccc2)OC1(C)C. The number of pyridine rings is 1. The summed E-state index contributed by atoms with van der Waals surface area (Å²) in [7, 11) is -0.643. The van der Waals surface area contributed by atoms with Crippen LogP contribution in [0, 0.1) is 11.3 Å². The molecule has 0 radical (unpaired) electrons. The molecule has 1 aromatic carbocycles. The number of carbonyl (C=O) groups is 1. The lowest BCUT2D eigenvalue weighted by atomic mass is 9.77. The number of benzene rings is 1. The molecule has 0 unspecified atom stereocenters. The van der Waals surface area contributed by atoms with Gasteiger partial charge in [0.05, 0.1) is 11.2 Å². The third-order valence-corrected chi connectivity index (χ3v) is 5.46. The molecule has 0 atom stereocenters. The van der Waals surface area contributed by atoms with Crippen molar-refractivity contribution in [2.75, 3.05) is 6.54 Å². The first-order valence-corrected chi connectivity index (χ1v) is 10.1. The van der Waals surface area contributed by atoms with Crippen molar-refractivity contribution < 1.29 is 18.8 Å². The van der Waals surface area contributed by atoms with E-state index >= 15 is 0 Å². The Morgan fingerprint density at radius 3 is 2.42 bits per heavy atom. The summed E-state index contributed by atoms with van der Waals surface area (Å²) in [6.45, 7) is 8.22. The molecule has 31 heavy (non-hydrogen) atoms. The largest absolute Gasteiger partial charge is 0.492 e. The molecule has 2 aromatic rings. The number of nitriles is 1. The van der Waals surface area contributed by atoms with Gasteiger partial charge >= 0.3 is 13.2 Å². The van der Waals surface area contributed by atoms with Gasteiger partial charge in [-0.2, -0.15) is 5.26 Å². The van der Waals surface area contributed by atoms with Gasteiger partial charge in [-0.25, -0.2) is 9.78 Å². The summed E-state index contributed by atoms with van der Waals surface area (Å²) in [5, 5.41) is 11.7. The van der Waals surface area contributed by atoms with Crippen LogP contribution in [-0.2, 0) is 20.7 Å². The summed E-state index contributed by atoms with van der Waals surface area (Å²) < 4.78 is 17.6. The third kappa shape index (κ3) is 5.72. The minimum absolute atomic E-state index is 0.171. The van der Waals surface area contributed by atoms with Crippen LogP contribution in [0.4, 0.5) is 4.79 Å². The summed E-state index contributed by atoms with van der Waals surface area (Å²) in [4.78, 5) is 16.3. The van der Waals surface area contributed by atoms with E-state index in [9.17, 15) is 4.79 Å². The van der Waals surface area contributed by atoms with Crippen molar-refractivity contribution in [1.29, 1.82) is 5.26 Å². The predicted molar refractivity (Wildman–Crippen MR) is 118 cm³/mol. The maximum absolute atomic E-state index is 12.2. The first kappa shape index (κ1) is 22.5. The smallest absolute Gasteiger partial charge is 0.445 e. The fourth-order valence-electron chi connectivity index (χ4n) is 2.92. The van der Waals surface area contributed by atoms with Gasteiger partial charge in [0.1, 0.15) is 18.4 Å². The first-order chi connectivity index (χ1) is 14.7. The van der Waals surface area contributed by atoms with Gasteiger partial charge in [0.2, 0.25) is 0 Å². The Kier molecular flexibility index (Phi) is 6.79. The normalized spacial score (nSPS) is 17.1. The maximum Gasteiger partial charge on any atom is 0.492 e. The molecule has 1 aromatic heterocycles. The molecule has 1 aliphatic rings. The average molecular weight is 419 g/mol. The van der Waals surface area contributed by atoms with E-state index in [0.717, 1.165) is 11.1 Å². The molecular formula is C23H26BN3O4. The Morgan fingerprint density at radius 1 is 1.16 bits per heavy atom. The summed E-state index contributed by atoms with van der Waals surface area (Å²) in [5.74, 6) is 0. The molecule has 7 nitrogen and oxygen atoms in total. The first-order valence-electron chi connectivity index (χ1n) is 10.1. The highest BCUT2D eigenvalue weighted by atomic mass is 16.7. The van der Waals surface area contributed by atoms with Crippen molar-refractivity contribution in [2.24, 2.45) is 0 Å². The monoisotopic (exact) mass is 419 g/mol. The molecule has 0 saturated carbocycles. The zero-order valence-corrected chi connectivity index (χ0v) is 18.2. The van der Waals surface area contributed by atoms with Gasteiger partial charge in [0, 0.05) is 12.7 Å². The second-order valence-electron chi connectivity index (χ2n) is 8.31. The molecule has 160 valence electrons. The molecule has 1 saturated heterocycles. The van der Waals surface area contributed by atoms with E-state index in [-0.39, 0.29) is 13.2 Å². The van der Waals surface area contributed by atoms with Crippen molar-refractivity contribution in [3.05, 3.63) is 71.0 Å². The summed E-state index contributed by atoms with van der Waals surface area (Å²) in [6.07, 6.45) is 2.90. The van der Waals surface area contributed by atoms with Crippen molar-refractivity contribution >= 4 is 19.3 Å². The molecule has 3 rings (SSSR count). The highest BCUT2D eigenvalue weighted by Crippen LogP contribution is 2.38. The summed E-state index contributed by atoms with van der Waals surface area (Å²) in [6, 6.07) is 14.9. The Morgan fingerprint density at radius 2 is 1.84 bits per heavy atom. The Labute approximate surface area is 183 Å². The van der Waals surface area contributed by atoms with Crippen LogP contribution < -0.4 is 5.32 Å². The van der Waals surface area contributed by atoms with Gasteiger partial charge in [-0.1, -0.05) is 42.5 Å². The Bertz CT molecular complexity index is 966. The molecule has 1 aliphatic heterocycles. The van der Waals surface area contributed by atoms with Gasteiger partial charge in [-0.05, 0) is 50.4 Å². The van der Waals surface area contributed by atoms with Crippen LogP contribution in [0.1, 0.15) is 44.5 Å². The number of nitrogens with one attached hydrogen (secondary N) is 1. The third-order valence-electron chi connectivity index (χ3n) is 5.46. The second-order valence-corrected chi connectivity index (χ2v) is 8.31. The molecule has 0 aliphatic carbocycles. The van der Waals surface area contributed by atoms with Crippen LogP contribution in [0.3, 0.4) is 0 Å². The molecule has 0 spiro atoms. The zero-order valence-electron chi connectivity index (χ0n) is 18.2. The van der Waals surface area contributed by atoms with Crippen molar-refractivity contribution in [3.8, 4) is 6.07 Å². The van der Waals surface area contributed by atoms with Gasteiger partial charge in [-0.15, -0.1) is 0 Å². The molecular weight excluding hydrogens is 393 g/mol. The van der Waals surface area contributed by atoms with Gasteiger partial charge in [-0.3, -0.25) is 0 Å². The number of hydrogen-bond acceptors (Lipinski definition) is 6. The highest BCUT2D eigenvalue weighted by molar-refractivity contribution is 6.56. The minimum Gasteiger partial charge on any atom is -0.445 e. The number of ether oxygens (including phenoxy) is 1. The number of hydrogen-bond donors (Lipinski definition) is 1. The number of aromatic nitrogens is 1. The summed E-state index contributed by atoms with van der Waals surface area (Å²) >= 11 is 0. The van der Waals surface area contributed by atoms with Gasteiger partial charge in [0.15, 0.2) is 0 Å². The maximum atomic E-state index is 12.2. The van der Waals surface area contributed by atoms with Crippen molar-refractivity contribution in [2.45, 2.75) is 45.5 Å².